The van der Waals surface area contributed by atoms with E-state index in [2.05, 4.69) is 12.2 Å². The van der Waals surface area contributed by atoms with Crippen LogP contribution < -0.4 is 5.32 Å². The molecule has 0 aromatic heterocycles. The van der Waals surface area contributed by atoms with Crippen molar-refractivity contribution in [3.05, 3.63) is 72.3 Å². The zero-order valence-corrected chi connectivity index (χ0v) is 13.2. The van der Waals surface area contributed by atoms with Gasteiger partial charge >= 0.3 is 0 Å². The van der Waals surface area contributed by atoms with Crippen LogP contribution in [0.1, 0.15) is 17.3 Å². The number of carbonyl (C=O) groups is 1. The van der Waals surface area contributed by atoms with Gasteiger partial charge in [-0.25, -0.2) is 0 Å². The van der Waals surface area contributed by atoms with Crippen molar-refractivity contribution in [2.75, 3.05) is 11.1 Å². The Hall–Kier alpha value is -2.26. The third-order valence-corrected chi connectivity index (χ3v) is 4.43. The van der Waals surface area contributed by atoms with Crippen molar-refractivity contribution in [2.24, 2.45) is 0 Å². The predicted molar refractivity (Wildman–Crippen MR) is 94.7 cm³/mol. The van der Waals surface area contributed by atoms with E-state index >= 15 is 0 Å². The third kappa shape index (κ3) is 3.00. The maximum absolute atomic E-state index is 12.6. The summed E-state index contributed by atoms with van der Waals surface area (Å²) in [7, 11) is 0. The lowest BCUT2D eigenvalue weighted by Gasteiger charge is -2.11. The van der Waals surface area contributed by atoms with Gasteiger partial charge in [-0.15, -0.1) is 11.8 Å². The Morgan fingerprint density at radius 3 is 2.55 bits per heavy atom. The second-order valence-corrected chi connectivity index (χ2v) is 6.22. The molecule has 110 valence electrons. The smallest absolute Gasteiger partial charge is 0.256 e. The van der Waals surface area contributed by atoms with E-state index in [1.807, 2.05) is 66.7 Å². The second kappa shape index (κ2) is 6.67. The van der Waals surface area contributed by atoms with E-state index in [1.165, 1.54) is 0 Å². The van der Waals surface area contributed by atoms with Crippen molar-refractivity contribution in [2.45, 2.75) is 11.8 Å². The molecule has 0 atom stereocenters. The maximum atomic E-state index is 12.6. The number of thioether (sulfide) groups is 1. The minimum atomic E-state index is -0.0621. The van der Waals surface area contributed by atoms with E-state index in [1.54, 1.807) is 11.8 Å². The quantitative estimate of drug-likeness (QED) is 0.671. The fourth-order valence-corrected chi connectivity index (χ4v) is 3.26. The van der Waals surface area contributed by atoms with Gasteiger partial charge in [0, 0.05) is 16.0 Å². The molecule has 0 heterocycles. The molecule has 0 unspecified atom stereocenters. The van der Waals surface area contributed by atoms with Gasteiger partial charge in [0.15, 0.2) is 0 Å². The van der Waals surface area contributed by atoms with Crippen LogP contribution in [0.2, 0.25) is 0 Å². The monoisotopic (exact) mass is 307 g/mol. The number of rotatable bonds is 4. The third-order valence-electron chi connectivity index (χ3n) is 3.47. The molecule has 0 spiro atoms. The molecule has 3 aromatic rings. The van der Waals surface area contributed by atoms with Gasteiger partial charge < -0.3 is 5.32 Å². The number of nitrogens with one attached hydrogen (secondary N) is 1. The molecule has 1 amide bonds. The number of carbonyl (C=O) groups excluding carboxylic acids is 1. The first-order chi connectivity index (χ1) is 10.8. The second-order valence-electron chi connectivity index (χ2n) is 4.91. The highest BCUT2D eigenvalue weighted by Crippen LogP contribution is 2.26. The van der Waals surface area contributed by atoms with Crippen molar-refractivity contribution in [1.29, 1.82) is 0 Å². The first-order valence-corrected chi connectivity index (χ1v) is 8.29. The molecule has 0 aliphatic rings. The zero-order valence-electron chi connectivity index (χ0n) is 12.4. The Kier molecular flexibility index (Phi) is 4.45. The Morgan fingerprint density at radius 1 is 0.955 bits per heavy atom. The topological polar surface area (TPSA) is 29.1 Å². The normalized spacial score (nSPS) is 10.6. The van der Waals surface area contributed by atoms with Gasteiger partial charge in [0.05, 0.1) is 5.56 Å². The van der Waals surface area contributed by atoms with Gasteiger partial charge in [0.1, 0.15) is 0 Å². The van der Waals surface area contributed by atoms with Gasteiger partial charge in [-0.1, -0.05) is 55.5 Å². The van der Waals surface area contributed by atoms with Crippen molar-refractivity contribution in [3.8, 4) is 0 Å². The van der Waals surface area contributed by atoms with Gasteiger partial charge in [-0.2, -0.15) is 0 Å². The summed E-state index contributed by atoms with van der Waals surface area (Å²) in [6.45, 7) is 2.09. The van der Waals surface area contributed by atoms with Crippen LogP contribution in [0.15, 0.2) is 71.6 Å². The van der Waals surface area contributed by atoms with Crippen LogP contribution in [0.25, 0.3) is 10.8 Å². The molecule has 1 N–H and O–H groups in total. The highest BCUT2D eigenvalue weighted by atomic mass is 32.2. The Morgan fingerprint density at radius 2 is 1.68 bits per heavy atom. The van der Waals surface area contributed by atoms with E-state index in [4.69, 9.17) is 0 Å². The SMILES string of the molecule is CCSc1ccccc1C(=O)Nc1cccc2ccccc12. The maximum Gasteiger partial charge on any atom is 0.256 e. The predicted octanol–water partition coefficient (Wildman–Crippen LogP) is 5.20. The van der Waals surface area contributed by atoms with Crippen LogP contribution >= 0.6 is 11.8 Å². The Balaban J connectivity index is 1.94. The summed E-state index contributed by atoms with van der Waals surface area (Å²) in [6, 6.07) is 21.7. The molecule has 22 heavy (non-hydrogen) atoms. The van der Waals surface area contributed by atoms with Crippen LogP contribution in [-0.4, -0.2) is 11.7 Å². The van der Waals surface area contributed by atoms with E-state index in [9.17, 15) is 4.79 Å². The van der Waals surface area contributed by atoms with Crippen molar-refractivity contribution < 1.29 is 4.79 Å². The standard InChI is InChI=1S/C19H17NOS/c1-2-22-18-13-6-5-11-16(18)19(21)20-17-12-7-9-14-8-3-4-10-15(14)17/h3-13H,2H2,1H3,(H,20,21). The molecule has 0 radical (unpaired) electrons. The number of amides is 1. The number of anilines is 1. The number of hydrogen-bond donors (Lipinski definition) is 1. The minimum absolute atomic E-state index is 0.0621. The molecule has 3 rings (SSSR count). The molecule has 0 fully saturated rings. The molecule has 0 bridgehead atoms. The average Bonchev–Trinajstić information content (AvgIpc) is 2.56. The largest absolute Gasteiger partial charge is 0.321 e. The van der Waals surface area contributed by atoms with Crippen LogP contribution in [-0.2, 0) is 0 Å². The molecule has 2 nitrogen and oxygen atoms in total. The lowest BCUT2D eigenvalue weighted by atomic mass is 10.1. The highest BCUT2D eigenvalue weighted by Gasteiger charge is 2.12. The van der Waals surface area contributed by atoms with Crippen LogP contribution in [0.4, 0.5) is 5.69 Å². The lowest BCUT2D eigenvalue weighted by Crippen LogP contribution is -2.13. The lowest BCUT2D eigenvalue weighted by molar-refractivity contribution is 0.102. The molecular weight excluding hydrogens is 290 g/mol. The molecule has 0 saturated heterocycles. The summed E-state index contributed by atoms with van der Waals surface area (Å²) >= 11 is 1.68. The van der Waals surface area contributed by atoms with Gasteiger partial charge in [-0.3, -0.25) is 4.79 Å². The van der Waals surface area contributed by atoms with E-state index in [0.717, 1.165) is 32.7 Å². The van der Waals surface area contributed by atoms with E-state index in [0.29, 0.717) is 0 Å². The highest BCUT2D eigenvalue weighted by molar-refractivity contribution is 7.99. The fourth-order valence-electron chi connectivity index (χ4n) is 2.46. The summed E-state index contributed by atoms with van der Waals surface area (Å²) in [6.07, 6.45) is 0. The molecule has 0 aliphatic heterocycles. The van der Waals surface area contributed by atoms with E-state index < -0.39 is 0 Å². The van der Waals surface area contributed by atoms with Crippen LogP contribution in [0, 0.1) is 0 Å². The first-order valence-electron chi connectivity index (χ1n) is 7.30. The summed E-state index contributed by atoms with van der Waals surface area (Å²) in [5.41, 5.74) is 1.57. The minimum Gasteiger partial charge on any atom is -0.321 e. The summed E-state index contributed by atoms with van der Waals surface area (Å²) in [4.78, 5) is 13.6. The van der Waals surface area contributed by atoms with Gasteiger partial charge in [-0.05, 0) is 29.3 Å². The summed E-state index contributed by atoms with van der Waals surface area (Å²) < 4.78 is 0. The number of benzene rings is 3. The molecular formula is C19H17NOS. The Bertz CT molecular complexity index is 808. The first kappa shape index (κ1) is 14.7. The summed E-state index contributed by atoms with van der Waals surface area (Å²) in [5, 5.41) is 5.22. The summed E-state index contributed by atoms with van der Waals surface area (Å²) in [5.74, 6) is 0.881. The molecule has 3 heteroatoms. The average molecular weight is 307 g/mol. The van der Waals surface area contributed by atoms with Gasteiger partial charge in [0.25, 0.3) is 5.91 Å². The number of fused-ring (bicyclic) bond motifs is 1. The zero-order chi connectivity index (χ0) is 15.4. The van der Waals surface area contributed by atoms with Crippen molar-refractivity contribution in [1.82, 2.24) is 0 Å². The van der Waals surface area contributed by atoms with Gasteiger partial charge in [0.2, 0.25) is 0 Å². The molecule has 3 aromatic carbocycles. The molecule has 0 saturated carbocycles. The van der Waals surface area contributed by atoms with Crippen LogP contribution in [0.5, 0.6) is 0 Å². The van der Waals surface area contributed by atoms with Crippen molar-refractivity contribution >= 4 is 34.1 Å². The fraction of sp³-hybridized carbons (Fsp3) is 0.105. The Labute approximate surface area is 134 Å². The molecule has 0 aliphatic carbocycles. The van der Waals surface area contributed by atoms with Crippen LogP contribution in [0.3, 0.4) is 0 Å². The van der Waals surface area contributed by atoms with E-state index in [-0.39, 0.29) is 5.91 Å². The number of hydrogen-bond acceptors (Lipinski definition) is 2. The van der Waals surface area contributed by atoms with Crippen molar-refractivity contribution in [3.63, 3.8) is 0 Å².